The molecule has 2 N–H and O–H groups in total. The molecule has 5 nitrogen and oxygen atoms in total. The predicted octanol–water partition coefficient (Wildman–Crippen LogP) is 2.59. The molecule has 1 aromatic carbocycles. The number of aliphatic hydroxyl groups excluding tert-OH is 1. The monoisotopic (exact) mass is 300 g/mol. The number of para-hydroxylation sites is 1. The number of nitrogens with zero attached hydrogens (tertiary/aromatic N) is 1. The second-order valence-electron chi connectivity index (χ2n) is 4.90. The summed E-state index contributed by atoms with van der Waals surface area (Å²) in [7, 11) is 0. The molecular weight excluding hydrogens is 282 g/mol. The van der Waals surface area contributed by atoms with Crippen molar-refractivity contribution in [2.75, 3.05) is 18.5 Å². The Labute approximate surface area is 121 Å². The minimum Gasteiger partial charge on any atom is -0.433 e. The number of halogens is 2. The summed E-state index contributed by atoms with van der Waals surface area (Å²) in [5.74, 6) is -0.0712. The van der Waals surface area contributed by atoms with Crippen LogP contribution in [0, 0.1) is 6.92 Å². The lowest BCUT2D eigenvalue weighted by Gasteiger charge is -2.23. The van der Waals surface area contributed by atoms with Crippen LogP contribution in [0.2, 0.25) is 0 Å². The molecule has 0 spiro atoms. The second-order valence-corrected chi connectivity index (χ2v) is 4.90. The number of nitrogens with one attached hydrogen (secondary N) is 1. The van der Waals surface area contributed by atoms with Gasteiger partial charge >= 0.3 is 12.6 Å². The van der Waals surface area contributed by atoms with E-state index in [1.807, 2.05) is 0 Å². The molecule has 0 bridgehead atoms. The van der Waals surface area contributed by atoms with Crippen LogP contribution >= 0.6 is 0 Å². The van der Waals surface area contributed by atoms with Crippen molar-refractivity contribution in [3.05, 3.63) is 23.8 Å². The molecular formula is C14H18F2N2O3. The first-order valence-corrected chi connectivity index (χ1v) is 6.76. The Morgan fingerprint density at radius 2 is 2.24 bits per heavy atom. The number of aryl methyl sites for hydroxylation is 1. The summed E-state index contributed by atoms with van der Waals surface area (Å²) in [6.07, 6.45) is 1.78. The molecule has 0 radical (unpaired) electrons. The highest BCUT2D eigenvalue weighted by atomic mass is 19.3. The zero-order valence-electron chi connectivity index (χ0n) is 11.7. The highest BCUT2D eigenvalue weighted by molar-refractivity contribution is 5.92. The van der Waals surface area contributed by atoms with E-state index in [0.717, 1.165) is 12.8 Å². The molecule has 2 amide bonds. The summed E-state index contributed by atoms with van der Waals surface area (Å²) < 4.78 is 29.2. The van der Waals surface area contributed by atoms with Gasteiger partial charge in [0.15, 0.2) is 0 Å². The number of rotatable bonds is 6. The third-order valence-corrected chi connectivity index (χ3v) is 3.27. The molecule has 1 saturated carbocycles. The number of aliphatic hydroxyl groups is 1. The van der Waals surface area contributed by atoms with Crippen LogP contribution in [0.5, 0.6) is 5.75 Å². The van der Waals surface area contributed by atoms with Gasteiger partial charge in [-0.3, -0.25) is 0 Å². The summed E-state index contributed by atoms with van der Waals surface area (Å²) in [4.78, 5) is 13.7. The lowest BCUT2D eigenvalue weighted by Crippen LogP contribution is -2.39. The number of amides is 2. The van der Waals surface area contributed by atoms with E-state index in [2.05, 4.69) is 10.1 Å². The number of carbonyl (C=O) groups excluding carboxylic acids is 1. The average molecular weight is 300 g/mol. The predicted molar refractivity (Wildman–Crippen MR) is 73.6 cm³/mol. The minimum atomic E-state index is -2.96. The van der Waals surface area contributed by atoms with Gasteiger partial charge in [-0.25, -0.2) is 4.79 Å². The summed E-state index contributed by atoms with van der Waals surface area (Å²) >= 11 is 0. The van der Waals surface area contributed by atoms with Gasteiger partial charge in [-0.2, -0.15) is 8.78 Å². The van der Waals surface area contributed by atoms with Gasteiger partial charge in [0.05, 0.1) is 12.3 Å². The number of ether oxygens (including phenoxy) is 1. The van der Waals surface area contributed by atoms with E-state index in [1.54, 1.807) is 19.1 Å². The molecule has 2 rings (SSSR count). The van der Waals surface area contributed by atoms with Crippen LogP contribution in [-0.4, -0.2) is 41.8 Å². The average Bonchev–Trinajstić information content (AvgIpc) is 3.23. The van der Waals surface area contributed by atoms with E-state index >= 15 is 0 Å². The maximum Gasteiger partial charge on any atom is 0.387 e. The maximum atomic E-state index is 12.4. The topological polar surface area (TPSA) is 61.8 Å². The number of urea groups is 1. The fourth-order valence-electron chi connectivity index (χ4n) is 2.12. The maximum absolute atomic E-state index is 12.4. The van der Waals surface area contributed by atoms with Crippen LogP contribution in [0.1, 0.15) is 18.4 Å². The summed E-state index contributed by atoms with van der Waals surface area (Å²) in [6.45, 7) is -1.19. The Hall–Kier alpha value is -1.89. The number of hydrogen-bond donors (Lipinski definition) is 2. The zero-order valence-corrected chi connectivity index (χ0v) is 11.7. The number of benzene rings is 1. The largest absolute Gasteiger partial charge is 0.433 e. The molecule has 1 aliphatic rings. The first-order chi connectivity index (χ1) is 10.0. The smallest absolute Gasteiger partial charge is 0.387 e. The lowest BCUT2D eigenvalue weighted by molar-refractivity contribution is -0.0493. The lowest BCUT2D eigenvalue weighted by atomic mass is 10.2. The standard InChI is InChI=1S/C14H18F2N2O3/c1-9-3-2-4-11(21-13(15)16)12(9)17-14(20)18(7-8-19)10-5-6-10/h2-4,10,13,19H,5-8H2,1H3,(H,17,20). The second kappa shape index (κ2) is 6.71. The van der Waals surface area contributed by atoms with Crippen LogP contribution in [0.25, 0.3) is 0 Å². The summed E-state index contributed by atoms with van der Waals surface area (Å²) in [5, 5.41) is 11.6. The molecule has 1 aromatic rings. The SMILES string of the molecule is Cc1cccc(OC(F)F)c1NC(=O)N(CCO)C1CC1. The molecule has 0 unspecified atom stereocenters. The van der Waals surface area contributed by atoms with E-state index in [4.69, 9.17) is 5.11 Å². The highest BCUT2D eigenvalue weighted by Gasteiger charge is 2.32. The van der Waals surface area contributed by atoms with Gasteiger partial charge in [0.2, 0.25) is 0 Å². The van der Waals surface area contributed by atoms with E-state index in [-0.39, 0.29) is 30.6 Å². The van der Waals surface area contributed by atoms with Gasteiger partial charge < -0.3 is 20.1 Å². The number of hydrogen-bond acceptors (Lipinski definition) is 3. The Morgan fingerprint density at radius 3 is 2.81 bits per heavy atom. The van der Waals surface area contributed by atoms with Gasteiger partial charge in [-0.05, 0) is 31.4 Å². The Morgan fingerprint density at radius 1 is 1.52 bits per heavy atom. The normalized spacial score (nSPS) is 14.1. The third-order valence-electron chi connectivity index (χ3n) is 3.27. The van der Waals surface area contributed by atoms with Crippen molar-refractivity contribution in [2.24, 2.45) is 0 Å². The van der Waals surface area contributed by atoms with Crippen LogP contribution < -0.4 is 10.1 Å². The van der Waals surface area contributed by atoms with E-state index in [0.29, 0.717) is 5.56 Å². The van der Waals surface area contributed by atoms with Crippen molar-refractivity contribution in [3.63, 3.8) is 0 Å². The van der Waals surface area contributed by atoms with Crippen LogP contribution in [0.4, 0.5) is 19.3 Å². The van der Waals surface area contributed by atoms with E-state index in [9.17, 15) is 13.6 Å². The number of carbonyl (C=O) groups is 1. The van der Waals surface area contributed by atoms with Crippen molar-refractivity contribution < 1.29 is 23.4 Å². The Balaban J connectivity index is 2.15. The Kier molecular flexibility index (Phi) is 4.95. The van der Waals surface area contributed by atoms with E-state index in [1.165, 1.54) is 11.0 Å². The fraction of sp³-hybridized carbons (Fsp3) is 0.500. The number of alkyl halides is 2. The molecule has 116 valence electrons. The van der Waals surface area contributed by atoms with Gasteiger partial charge in [0.25, 0.3) is 0 Å². The summed E-state index contributed by atoms with van der Waals surface area (Å²) in [5.41, 5.74) is 0.854. The molecule has 0 heterocycles. The zero-order chi connectivity index (χ0) is 15.4. The fourth-order valence-corrected chi connectivity index (χ4v) is 2.12. The van der Waals surface area contributed by atoms with Gasteiger partial charge in [0.1, 0.15) is 5.75 Å². The highest BCUT2D eigenvalue weighted by Crippen LogP contribution is 2.31. The molecule has 1 fully saturated rings. The quantitative estimate of drug-likeness (QED) is 0.849. The molecule has 0 saturated heterocycles. The van der Waals surface area contributed by atoms with Crippen molar-refractivity contribution in [1.29, 1.82) is 0 Å². The number of anilines is 1. The van der Waals surface area contributed by atoms with Gasteiger partial charge in [0, 0.05) is 12.6 Å². The van der Waals surface area contributed by atoms with Gasteiger partial charge in [-0.15, -0.1) is 0 Å². The first kappa shape index (κ1) is 15.5. The third kappa shape index (κ3) is 4.04. The van der Waals surface area contributed by atoms with Crippen LogP contribution in [0.3, 0.4) is 0 Å². The molecule has 0 atom stereocenters. The molecule has 7 heteroatoms. The molecule has 0 aromatic heterocycles. The molecule has 21 heavy (non-hydrogen) atoms. The Bertz CT molecular complexity index is 507. The van der Waals surface area contributed by atoms with Crippen molar-refractivity contribution in [3.8, 4) is 5.75 Å². The van der Waals surface area contributed by atoms with Crippen molar-refractivity contribution in [2.45, 2.75) is 32.4 Å². The van der Waals surface area contributed by atoms with Crippen molar-refractivity contribution >= 4 is 11.7 Å². The van der Waals surface area contributed by atoms with Gasteiger partial charge in [-0.1, -0.05) is 12.1 Å². The van der Waals surface area contributed by atoms with E-state index < -0.39 is 12.6 Å². The first-order valence-electron chi connectivity index (χ1n) is 6.76. The van der Waals surface area contributed by atoms with Crippen LogP contribution in [0.15, 0.2) is 18.2 Å². The van der Waals surface area contributed by atoms with Crippen molar-refractivity contribution in [1.82, 2.24) is 4.90 Å². The molecule has 1 aliphatic carbocycles. The summed E-state index contributed by atoms with van der Waals surface area (Å²) in [6, 6.07) is 4.35. The molecule has 0 aliphatic heterocycles. The minimum absolute atomic E-state index is 0.0712. The van der Waals surface area contributed by atoms with Crippen LogP contribution in [-0.2, 0) is 0 Å².